The van der Waals surface area contributed by atoms with Gasteiger partial charge in [0, 0.05) is 6.61 Å². The highest BCUT2D eigenvalue weighted by molar-refractivity contribution is 7.46. The number of rotatable bonds is 9. The molecule has 0 unspecified atom stereocenters. The number of phosphoric ester groups is 1. The second kappa shape index (κ2) is 8.21. The summed E-state index contributed by atoms with van der Waals surface area (Å²) in [5.41, 5.74) is 0. The molecule has 15 heavy (non-hydrogen) atoms. The molecule has 0 aromatic heterocycles. The summed E-state index contributed by atoms with van der Waals surface area (Å²) in [5, 5.41) is 8.82. The van der Waals surface area contributed by atoms with Gasteiger partial charge in [0.25, 0.3) is 0 Å². The highest BCUT2D eigenvalue weighted by atomic mass is 31.2. The predicted molar refractivity (Wildman–Crippen MR) is 54.3 cm³/mol. The Kier molecular flexibility index (Phi) is 8.23. The van der Waals surface area contributed by atoms with Crippen molar-refractivity contribution in [1.29, 1.82) is 0 Å². The van der Waals surface area contributed by atoms with Crippen LogP contribution in [0.15, 0.2) is 0 Å². The quantitative estimate of drug-likeness (QED) is 0.406. The zero-order chi connectivity index (χ0) is 11.7. The van der Waals surface area contributed by atoms with Gasteiger partial charge >= 0.3 is 7.82 Å². The summed E-state index contributed by atoms with van der Waals surface area (Å²) in [6.07, 6.45) is 2.28. The molecule has 0 aromatic rings. The van der Waals surface area contributed by atoms with E-state index in [0.717, 1.165) is 19.3 Å². The standard InChI is InChI=1S/C8H19O6P/c1-2-3-4-5-13-8(6-9)7-14-15(10,11)12/h8-9H,2-7H2,1H3,(H2,10,11,12)/t8-/m1/s1. The Hall–Kier alpha value is 0.0300. The first-order valence-corrected chi connectivity index (χ1v) is 6.45. The summed E-state index contributed by atoms with van der Waals surface area (Å²) in [5.74, 6) is 0. The van der Waals surface area contributed by atoms with Gasteiger partial charge in [0.2, 0.25) is 0 Å². The number of aliphatic hydroxyl groups excluding tert-OH is 1. The summed E-state index contributed by atoms with van der Waals surface area (Å²) in [7, 11) is -4.47. The van der Waals surface area contributed by atoms with Crippen LogP contribution in [0.5, 0.6) is 0 Å². The molecule has 0 saturated heterocycles. The van der Waals surface area contributed by atoms with Crippen molar-refractivity contribution in [1.82, 2.24) is 0 Å². The third-order valence-corrected chi connectivity index (χ3v) is 2.22. The first-order chi connectivity index (χ1) is 6.99. The van der Waals surface area contributed by atoms with E-state index in [-0.39, 0.29) is 13.2 Å². The van der Waals surface area contributed by atoms with Crippen LogP contribution < -0.4 is 0 Å². The van der Waals surface area contributed by atoms with Gasteiger partial charge in [-0.25, -0.2) is 4.57 Å². The van der Waals surface area contributed by atoms with Crippen LogP contribution in [-0.4, -0.2) is 40.8 Å². The van der Waals surface area contributed by atoms with Crippen LogP contribution in [-0.2, 0) is 13.8 Å². The van der Waals surface area contributed by atoms with Gasteiger partial charge in [-0.1, -0.05) is 19.8 Å². The second-order valence-electron chi connectivity index (χ2n) is 3.17. The molecule has 0 radical (unpaired) electrons. The van der Waals surface area contributed by atoms with Crippen molar-refractivity contribution in [2.24, 2.45) is 0 Å². The smallest absolute Gasteiger partial charge is 0.394 e. The van der Waals surface area contributed by atoms with E-state index in [1.54, 1.807) is 0 Å². The second-order valence-corrected chi connectivity index (χ2v) is 4.41. The lowest BCUT2D eigenvalue weighted by molar-refractivity contribution is -0.0204. The molecule has 0 rings (SSSR count). The van der Waals surface area contributed by atoms with Gasteiger partial charge in [-0.3, -0.25) is 4.52 Å². The highest BCUT2D eigenvalue weighted by Crippen LogP contribution is 2.35. The maximum absolute atomic E-state index is 10.4. The first-order valence-electron chi connectivity index (χ1n) is 4.92. The molecular formula is C8H19O6P. The number of hydrogen-bond acceptors (Lipinski definition) is 4. The summed E-state index contributed by atoms with van der Waals surface area (Å²) in [6, 6.07) is 0. The molecule has 6 nitrogen and oxygen atoms in total. The van der Waals surface area contributed by atoms with Gasteiger partial charge in [0.1, 0.15) is 6.10 Å². The molecule has 0 amide bonds. The zero-order valence-corrected chi connectivity index (χ0v) is 9.73. The first kappa shape index (κ1) is 15.0. The molecule has 7 heteroatoms. The van der Waals surface area contributed by atoms with Crippen LogP contribution in [0.3, 0.4) is 0 Å². The maximum Gasteiger partial charge on any atom is 0.469 e. The van der Waals surface area contributed by atoms with Crippen molar-refractivity contribution in [3.05, 3.63) is 0 Å². The van der Waals surface area contributed by atoms with E-state index < -0.39 is 13.9 Å². The van der Waals surface area contributed by atoms with E-state index in [9.17, 15) is 4.57 Å². The lowest BCUT2D eigenvalue weighted by Gasteiger charge is -2.15. The maximum atomic E-state index is 10.4. The van der Waals surface area contributed by atoms with E-state index in [1.165, 1.54) is 0 Å². The predicted octanol–water partition coefficient (Wildman–Crippen LogP) is 0.663. The van der Waals surface area contributed by atoms with Crippen molar-refractivity contribution >= 4 is 7.82 Å². The summed E-state index contributed by atoms with van der Waals surface area (Å²) in [4.78, 5) is 16.8. The van der Waals surface area contributed by atoms with Gasteiger partial charge in [0.05, 0.1) is 13.2 Å². The Labute approximate surface area is 89.5 Å². The van der Waals surface area contributed by atoms with Gasteiger partial charge in [-0.15, -0.1) is 0 Å². The van der Waals surface area contributed by atoms with Crippen LogP contribution in [0.1, 0.15) is 26.2 Å². The van der Waals surface area contributed by atoms with Crippen molar-refractivity contribution in [2.75, 3.05) is 19.8 Å². The normalized spacial score (nSPS) is 14.1. The van der Waals surface area contributed by atoms with E-state index in [2.05, 4.69) is 11.4 Å². The number of hydrogen-bond donors (Lipinski definition) is 3. The average molecular weight is 242 g/mol. The number of phosphoric acid groups is 1. The number of aliphatic hydroxyl groups is 1. The molecule has 0 aliphatic heterocycles. The average Bonchev–Trinajstić information content (AvgIpc) is 2.15. The fraction of sp³-hybridized carbons (Fsp3) is 1.00. The number of ether oxygens (including phenoxy) is 1. The van der Waals surface area contributed by atoms with E-state index >= 15 is 0 Å². The molecule has 0 bridgehead atoms. The topological polar surface area (TPSA) is 96.2 Å². The Morgan fingerprint density at radius 1 is 1.33 bits per heavy atom. The van der Waals surface area contributed by atoms with Gasteiger partial charge in [-0.2, -0.15) is 0 Å². The van der Waals surface area contributed by atoms with Gasteiger partial charge in [-0.05, 0) is 6.42 Å². The third kappa shape index (κ3) is 10.3. The fourth-order valence-electron chi connectivity index (χ4n) is 0.936. The van der Waals surface area contributed by atoms with E-state index in [0.29, 0.717) is 6.61 Å². The molecule has 92 valence electrons. The monoisotopic (exact) mass is 242 g/mol. The van der Waals surface area contributed by atoms with Crippen LogP contribution in [0, 0.1) is 0 Å². The molecule has 1 atom stereocenters. The molecule has 0 aromatic carbocycles. The summed E-state index contributed by atoms with van der Waals surface area (Å²) in [6.45, 7) is 1.91. The minimum Gasteiger partial charge on any atom is -0.394 e. The lowest BCUT2D eigenvalue weighted by Crippen LogP contribution is -2.24. The van der Waals surface area contributed by atoms with E-state index in [1.807, 2.05) is 0 Å². The zero-order valence-electron chi connectivity index (χ0n) is 8.83. The van der Waals surface area contributed by atoms with Crippen LogP contribution >= 0.6 is 7.82 Å². The van der Waals surface area contributed by atoms with Crippen LogP contribution in [0.2, 0.25) is 0 Å². The Morgan fingerprint density at radius 2 is 2.00 bits per heavy atom. The summed E-state index contributed by atoms with van der Waals surface area (Å²) >= 11 is 0. The third-order valence-electron chi connectivity index (χ3n) is 1.73. The van der Waals surface area contributed by atoms with Crippen molar-refractivity contribution < 1.29 is 28.7 Å². The molecule has 0 heterocycles. The minimum absolute atomic E-state index is 0.299. The molecule has 0 aliphatic rings. The molecular weight excluding hydrogens is 223 g/mol. The van der Waals surface area contributed by atoms with Crippen molar-refractivity contribution in [3.8, 4) is 0 Å². The molecule has 3 N–H and O–H groups in total. The minimum atomic E-state index is -4.47. The number of unbranched alkanes of at least 4 members (excludes halogenated alkanes) is 2. The molecule has 0 fully saturated rings. The lowest BCUT2D eigenvalue weighted by atomic mass is 10.3. The van der Waals surface area contributed by atoms with Crippen LogP contribution in [0.25, 0.3) is 0 Å². The largest absolute Gasteiger partial charge is 0.469 e. The highest BCUT2D eigenvalue weighted by Gasteiger charge is 2.17. The van der Waals surface area contributed by atoms with Gasteiger partial charge in [0.15, 0.2) is 0 Å². The van der Waals surface area contributed by atoms with E-state index in [4.69, 9.17) is 19.6 Å². The van der Waals surface area contributed by atoms with Crippen molar-refractivity contribution in [3.63, 3.8) is 0 Å². The van der Waals surface area contributed by atoms with Gasteiger partial charge < -0.3 is 19.6 Å². The fourth-order valence-corrected chi connectivity index (χ4v) is 1.30. The Morgan fingerprint density at radius 3 is 2.47 bits per heavy atom. The molecule has 0 spiro atoms. The molecule has 0 aliphatic carbocycles. The Balaban J connectivity index is 3.59. The SMILES string of the molecule is CCCCCO[C@H](CO)COP(=O)(O)O. The molecule has 0 saturated carbocycles. The Bertz CT molecular complexity index is 192. The van der Waals surface area contributed by atoms with Crippen molar-refractivity contribution in [2.45, 2.75) is 32.3 Å². The summed E-state index contributed by atoms with van der Waals surface area (Å²) < 4.78 is 19.8. The van der Waals surface area contributed by atoms with Crippen LogP contribution in [0.4, 0.5) is 0 Å².